The molecule has 106 valence electrons. The molecule has 0 aliphatic carbocycles. The van der Waals surface area contributed by atoms with E-state index in [4.69, 9.17) is 5.73 Å². The van der Waals surface area contributed by atoms with Crippen LogP contribution in [0.3, 0.4) is 0 Å². The van der Waals surface area contributed by atoms with Crippen molar-refractivity contribution in [1.29, 1.82) is 0 Å². The fraction of sp³-hybridized carbons (Fsp3) is 0.412. The number of nitrogens with zero attached hydrogens (tertiary/aromatic N) is 1. The topological polar surface area (TPSA) is 29.3 Å². The lowest BCUT2D eigenvalue weighted by molar-refractivity contribution is 0.632. The molecule has 1 atom stereocenters. The maximum absolute atomic E-state index is 5.66. The van der Waals surface area contributed by atoms with Crippen molar-refractivity contribution in [2.45, 2.75) is 32.7 Å². The zero-order valence-electron chi connectivity index (χ0n) is 12.2. The fourth-order valence-electron chi connectivity index (χ4n) is 3.16. The van der Waals surface area contributed by atoms with Crippen molar-refractivity contribution in [1.82, 2.24) is 0 Å². The van der Waals surface area contributed by atoms with Gasteiger partial charge in [0, 0.05) is 17.1 Å². The van der Waals surface area contributed by atoms with Gasteiger partial charge in [-0.3, -0.25) is 0 Å². The van der Waals surface area contributed by atoms with E-state index >= 15 is 0 Å². The third-order valence-electron chi connectivity index (χ3n) is 4.35. The highest BCUT2D eigenvalue weighted by atomic mass is 32.1. The summed E-state index contributed by atoms with van der Waals surface area (Å²) >= 11 is 1.90. The molecule has 2 nitrogen and oxygen atoms in total. The Morgan fingerprint density at radius 1 is 1.35 bits per heavy atom. The SMILES string of the molecule is Cc1cc(N2CCc3sccc3C2C)ccc1CCN. The van der Waals surface area contributed by atoms with Crippen molar-refractivity contribution in [2.75, 3.05) is 18.0 Å². The Morgan fingerprint density at radius 3 is 2.95 bits per heavy atom. The van der Waals surface area contributed by atoms with Gasteiger partial charge in [-0.1, -0.05) is 6.07 Å². The number of aryl methyl sites for hydroxylation is 1. The Bertz CT molecular complexity index is 603. The van der Waals surface area contributed by atoms with Crippen LogP contribution in [0.4, 0.5) is 5.69 Å². The summed E-state index contributed by atoms with van der Waals surface area (Å²) in [5.74, 6) is 0. The lowest BCUT2D eigenvalue weighted by Crippen LogP contribution is -2.33. The van der Waals surface area contributed by atoms with Gasteiger partial charge in [0.25, 0.3) is 0 Å². The summed E-state index contributed by atoms with van der Waals surface area (Å²) in [7, 11) is 0. The van der Waals surface area contributed by atoms with Gasteiger partial charge in [0.1, 0.15) is 0 Å². The van der Waals surface area contributed by atoms with Crippen LogP contribution in [0.2, 0.25) is 0 Å². The van der Waals surface area contributed by atoms with Gasteiger partial charge in [-0.2, -0.15) is 0 Å². The number of thiophene rings is 1. The molecule has 0 saturated carbocycles. The second-order valence-corrected chi connectivity index (χ2v) is 6.57. The van der Waals surface area contributed by atoms with E-state index in [1.54, 1.807) is 4.88 Å². The lowest BCUT2D eigenvalue weighted by atomic mass is 9.99. The first-order valence-electron chi connectivity index (χ1n) is 7.33. The molecule has 0 radical (unpaired) electrons. The van der Waals surface area contributed by atoms with Crippen LogP contribution in [0, 0.1) is 6.92 Å². The Balaban J connectivity index is 1.89. The molecule has 0 fully saturated rings. The minimum absolute atomic E-state index is 0.477. The predicted octanol–water partition coefficient (Wildman–Crippen LogP) is 3.68. The number of benzene rings is 1. The summed E-state index contributed by atoms with van der Waals surface area (Å²) in [4.78, 5) is 4.08. The van der Waals surface area contributed by atoms with Crippen molar-refractivity contribution in [2.24, 2.45) is 5.73 Å². The largest absolute Gasteiger partial charge is 0.364 e. The quantitative estimate of drug-likeness (QED) is 0.932. The van der Waals surface area contributed by atoms with Gasteiger partial charge in [0.05, 0.1) is 6.04 Å². The van der Waals surface area contributed by atoms with Gasteiger partial charge in [-0.15, -0.1) is 11.3 Å². The second-order valence-electron chi connectivity index (χ2n) is 5.57. The third-order valence-corrected chi connectivity index (χ3v) is 5.35. The summed E-state index contributed by atoms with van der Waals surface area (Å²) in [6, 6.07) is 9.58. The number of fused-ring (bicyclic) bond motifs is 1. The minimum atomic E-state index is 0.477. The van der Waals surface area contributed by atoms with E-state index in [-0.39, 0.29) is 0 Å². The van der Waals surface area contributed by atoms with Gasteiger partial charge in [-0.25, -0.2) is 0 Å². The van der Waals surface area contributed by atoms with Crippen LogP contribution >= 0.6 is 11.3 Å². The van der Waals surface area contributed by atoms with Crippen LogP contribution < -0.4 is 10.6 Å². The van der Waals surface area contributed by atoms with Crippen LogP contribution in [-0.2, 0) is 12.8 Å². The molecule has 1 aromatic carbocycles. The number of hydrogen-bond acceptors (Lipinski definition) is 3. The average Bonchev–Trinajstić information content (AvgIpc) is 2.91. The van der Waals surface area contributed by atoms with E-state index < -0.39 is 0 Å². The van der Waals surface area contributed by atoms with Crippen molar-refractivity contribution < 1.29 is 0 Å². The zero-order valence-corrected chi connectivity index (χ0v) is 13.0. The highest BCUT2D eigenvalue weighted by Crippen LogP contribution is 2.36. The smallest absolute Gasteiger partial charge is 0.0525 e. The summed E-state index contributed by atoms with van der Waals surface area (Å²) in [5, 5.41) is 2.22. The molecule has 1 unspecified atom stereocenters. The molecule has 3 rings (SSSR count). The monoisotopic (exact) mass is 286 g/mol. The van der Waals surface area contributed by atoms with E-state index in [0.29, 0.717) is 6.04 Å². The number of anilines is 1. The molecule has 2 N–H and O–H groups in total. The van der Waals surface area contributed by atoms with Gasteiger partial charge in [0.2, 0.25) is 0 Å². The molecule has 2 aromatic rings. The summed E-state index contributed by atoms with van der Waals surface area (Å²) in [6.07, 6.45) is 2.14. The molecular formula is C17H22N2S. The highest BCUT2D eigenvalue weighted by Gasteiger charge is 2.24. The lowest BCUT2D eigenvalue weighted by Gasteiger charge is -2.36. The molecule has 1 aliphatic heterocycles. The molecule has 0 spiro atoms. The average molecular weight is 286 g/mol. The van der Waals surface area contributed by atoms with Crippen LogP contribution in [0.5, 0.6) is 0 Å². The summed E-state index contributed by atoms with van der Waals surface area (Å²) < 4.78 is 0. The minimum Gasteiger partial charge on any atom is -0.364 e. The van der Waals surface area contributed by atoms with E-state index in [0.717, 1.165) is 19.5 Å². The Morgan fingerprint density at radius 2 is 2.20 bits per heavy atom. The Kier molecular flexibility index (Phi) is 3.81. The van der Waals surface area contributed by atoms with Crippen molar-refractivity contribution in [3.05, 3.63) is 51.2 Å². The summed E-state index contributed by atoms with van der Waals surface area (Å²) in [6.45, 7) is 6.34. The summed E-state index contributed by atoms with van der Waals surface area (Å²) in [5.41, 5.74) is 11.2. The van der Waals surface area contributed by atoms with Crippen LogP contribution in [0.1, 0.15) is 34.5 Å². The van der Waals surface area contributed by atoms with Gasteiger partial charge in [-0.05, 0) is 73.5 Å². The van der Waals surface area contributed by atoms with Crippen molar-refractivity contribution >= 4 is 17.0 Å². The molecule has 0 amide bonds. The number of rotatable bonds is 3. The molecule has 20 heavy (non-hydrogen) atoms. The molecule has 1 aromatic heterocycles. The van der Waals surface area contributed by atoms with Gasteiger partial charge >= 0.3 is 0 Å². The Hall–Kier alpha value is -1.32. The van der Waals surface area contributed by atoms with Gasteiger partial charge in [0.15, 0.2) is 0 Å². The normalized spacial score (nSPS) is 18.1. The number of nitrogens with two attached hydrogens (primary N) is 1. The molecule has 1 aliphatic rings. The fourth-order valence-corrected chi connectivity index (χ4v) is 4.12. The van der Waals surface area contributed by atoms with Crippen molar-refractivity contribution in [3.8, 4) is 0 Å². The molecular weight excluding hydrogens is 264 g/mol. The maximum atomic E-state index is 5.66. The predicted molar refractivity (Wildman–Crippen MR) is 87.7 cm³/mol. The van der Waals surface area contributed by atoms with Crippen LogP contribution in [-0.4, -0.2) is 13.1 Å². The zero-order chi connectivity index (χ0) is 14.1. The molecule has 2 heterocycles. The van der Waals surface area contributed by atoms with Gasteiger partial charge < -0.3 is 10.6 Å². The van der Waals surface area contributed by atoms with E-state index in [9.17, 15) is 0 Å². The first-order valence-corrected chi connectivity index (χ1v) is 8.21. The number of hydrogen-bond donors (Lipinski definition) is 1. The van der Waals surface area contributed by atoms with Crippen molar-refractivity contribution in [3.63, 3.8) is 0 Å². The molecule has 0 saturated heterocycles. The molecule has 3 heteroatoms. The highest BCUT2D eigenvalue weighted by molar-refractivity contribution is 7.10. The Labute approximate surface area is 125 Å². The van der Waals surface area contributed by atoms with E-state index in [2.05, 4.69) is 48.4 Å². The van der Waals surface area contributed by atoms with Crippen LogP contribution in [0.25, 0.3) is 0 Å². The van der Waals surface area contributed by atoms with E-state index in [1.165, 1.54) is 28.8 Å². The first-order chi connectivity index (χ1) is 9.70. The third kappa shape index (κ3) is 2.36. The standard InChI is InChI=1S/C17H22N2S/c1-12-11-15(4-3-14(12)5-8-18)19-9-6-17-16(13(19)2)7-10-20-17/h3-4,7,10-11,13H,5-6,8-9,18H2,1-2H3. The maximum Gasteiger partial charge on any atom is 0.0525 e. The first kappa shape index (κ1) is 13.7. The molecule has 0 bridgehead atoms. The van der Waals surface area contributed by atoms with E-state index in [1.807, 2.05) is 11.3 Å². The second kappa shape index (κ2) is 5.58. The van der Waals surface area contributed by atoms with Crippen LogP contribution in [0.15, 0.2) is 29.6 Å².